The maximum atomic E-state index is 15.2. The first-order valence-electron chi connectivity index (χ1n) is 23.0. The van der Waals surface area contributed by atoms with E-state index in [1.165, 1.54) is 66.5 Å². The molecule has 8 atom stereocenters. The summed E-state index contributed by atoms with van der Waals surface area (Å²) in [6, 6.07) is 17.9. The fraction of sp³-hybridized carbons (Fsp3) is 0.280. The van der Waals surface area contributed by atoms with Crippen molar-refractivity contribution in [2.24, 2.45) is 44.3 Å². The van der Waals surface area contributed by atoms with Crippen LogP contribution >= 0.6 is 0 Å². The fourth-order valence-corrected chi connectivity index (χ4v) is 14.8. The fourth-order valence-electron chi connectivity index (χ4n) is 12.0. The lowest BCUT2D eigenvalue weighted by Gasteiger charge is -2.41. The number of nitrogens with zero attached hydrogens (tertiary/aromatic N) is 6. The van der Waals surface area contributed by atoms with Crippen molar-refractivity contribution in [3.63, 3.8) is 0 Å². The van der Waals surface area contributed by atoms with Crippen LogP contribution in [0.1, 0.15) is 11.1 Å². The number of ketones is 2. The van der Waals surface area contributed by atoms with Gasteiger partial charge in [0.25, 0.3) is 20.0 Å². The van der Waals surface area contributed by atoms with Gasteiger partial charge >= 0.3 is 0 Å². The Morgan fingerprint density at radius 1 is 0.708 bits per heavy atom. The van der Waals surface area contributed by atoms with E-state index in [-0.39, 0.29) is 58.8 Å². The van der Waals surface area contributed by atoms with Gasteiger partial charge in [-0.1, -0.05) is 36.4 Å². The average molecular weight is 1040 g/mol. The molecule has 6 aliphatic heterocycles. The molecule has 3 N–H and O–H groups in total. The minimum atomic E-state index is -4.83. The number of sulfonamides is 3. The standard InChI is InChI=1S/C50H43F2N7O10S3/c1-56(70(2,64)65)31-12-14-36-38(21-31)72(68,69)55-50(42-46(61)34(20-26-5-9-30(52)10-6-26)44-40(48(42)63)28-16-18-58(44)24-28)59(36)32-11-13-35-37(22-32)71(66,67)54-49(53-35)41-45(60)33(19-25-3-7-29(51)8-4-25)43-39(47(41)62)27-15-17-57(43)23-27/h3-18,21-22,27-28,33-34,39-40,43-44,62-63H,19-20,23-24H2,1-2H3,(H,53,54). The number of carbonyl (C=O) groups excluding carboxylic acids is 2. The topological polar surface area (TPSA) is 227 Å². The highest BCUT2D eigenvalue weighted by Crippen LogP contribution is 2.52. The van der Waals surface area contributed by atoms with Gasteiger partial charge in [0.1, 0.15) is 32.9 Å². The van der Waals surface area contributed by atoms with Gasteiger partial charge in [-0.05, 0) is 97.0 Å². The van der Waals surface area contributed by atoms with E-state index in [2.05, 4.69) is 14.1 Å². The molecule has 6 heterocycles. The molecule has 12 rings (SSSR count). The molecule has 2 aliphatic carbocycles. The van der Waals surface area contributed by atoms with E-state index in [0.29, 0.717) is 24.2 Å². The number of amidine groups is 2. The van der Waals surface area contributed by atoms with Gasteiger partial charge in [0.2, 0.25) is 10.0 Å². The van der Waals surface area contributed by atoms with E-state index in [1.807, 2.05) is 34.4 Å². The molecular formula is C50H43F2N7O10S3. The van der Waals surface area contributed by atoms with Crippen LogP contribution in [0.4, 0.5) is 31.5 Å². The van der Waals surface area contributed by atoms with Crippen LogP contribution in [0, 0.1) is 47.1 Å². The van der Waals surface area contributed by atoms with Crippen molar-refractivity contribution in [3.8, 4) is 0 Å². The minimum absolute atomic E-state index is 0.0574. The van der Waals surface area contributed by atoms with Gasteiger partial charge < -0.3 is 25.3 Å². The highest BCUT2D eigenvalue weighted by molar-refractivity contribution is 7.92. The molecule has 17 nitrogen and oxygen atoms in total. The number of aliphatic hydroxyl groups is 2. The Labute approximate surface area is 412 Å². The van der Waals surface area contributed by atoms with E-state index in [9.17, 15) is 49.0 Å². The van der Waals surface area contributed by atoms with Crippen LogP contribution < -0.4 is 14.5 Å². The number of aliphatic hydroxyl groups excluding tert-OH is 2. The van der Waals surface area contributed by atoms with Crippen LogP contribution in [0.3, 0.4) is 0 Å². The molecule has 0 saturated carbocycles. The summed E-state index contributed by atoms with van der Waals surface area (Å²) < 4.78 is 121. The third-order valence-electron chi connectivity index (χ3n) is 15.4. The second kappa shape index (κ2) is 15.9. The molecule has 0 amide bonds. The Morgan fingerprint density at radius 3 is 1.79 bits per heavy atom. The number of hydrogen-bond donors (Lipinski definition) is 3. The zero-order chi connectivity index (χ0) is 50.5. The lowest BCUT2D eigenvalue weighted by atomic mass is 9.70. The molecule has 2 fully saturated rings. The number of carbonyl (C=O) groups is 2. The molecule has 4 aromatic rings. The van der Waals surface area contributed by atoms with Crippen LogP contribution in [0.25, 0.3) is 0 Å². The summed E-state index contributed by atoms with van der Waals surface area (Å²) in [5, 5.41) is 27.2. The van der Waals surface area contributed by atoms with Crippen LogP contribution in [0.2, 0.25) is 0 Å². The molecule has 4 aromatic carbocycles. The molecule has 72 heavy (non-hydrogen) atoms. The van der Waals surface area contributed by atoms with Crippen LogP contribution in [-0.4, -0.2) is 107 Å². The Kier molecular flexibility index (Phi) is 10.2. The highest BCUT2D eigenvalue weighted by Gasteiger charge is 2.58. The maximum Gasteiger partial charge on any atom is 0.286 e. The first kappa shape index (κ1) is 45.9. The van der Waals surface area contributed by atoms with E-state index < -0.39 is 122 Å². The van der Waals surface area contributed by atoms with Gasteiger partial charge in [0.15, 0.2) is 23.2 Å². The summed E-state index contributed by atoms with van der Waals surface area (Å²) in [4.78, 5) is 34.0. The van der Waals surface area contributed by atoms with Gasteiger partial charge in [-0.25, -0.2) is 17.2 Å². The van der Waals surface area contributed by atoms with Crippen LogP contribution in [0.5, 0.6) is 0 Å². The SMILES string of the molecule is CN(c1ccc2c(c1)S(=O)(=O)N=C(C1=C(O)C3C4C=CN(C4)C3C(Cc3ccc(F)cc3)C1=O)N2c1ccc2c(c1)S(=O)(=O)N=C(C1=C(O)C3C4C=CN(C4)C3C(Cc3ccc(F)cc3)C1=O)N2)S(C)(=O)=O. The summed E-state index contributed by atoms with van der Waals surface area (Å²) in [5.41, 5.74) is 0.156. The van der Waals surface area contributed by atoms with Crippen LogP contribution in [0.15, 0.2) is 151 Å². The lowest BCUT2D eigenvalue weighted by Crippen LogP contribution is -2.50. The van der Waals surface area contributed by atoms with Crippen molar-refractivity contribution in [1.82, 2.24) is 9.80 Å². The molecule has 8 unspecified atom stereocenters. The highest BCUT2D eigenvalue weighted by atomic mass is 32.2. The molecular weight excluding hydrogens is 993 g/mol. The van der Waals surface area contributed by atoms with Crippen molar-refractivity contribution in [3.05, 3.63) is 155 Å². The summed E-state index contributed by atoms with van der Waals surface area (Å²) >= 11 is 0. The monoisotopic (exact) mass is 1040 g/mol. The van der Waals surface area contributed by atoms with E-state index in [4.69, 9.17) is 0 Å². The molecule has 22 heteroatoms. The smallest absolute Gasteiger partial charge is 0.286 e. The first-order valence-corrected chi connectivity index (χ1v) is 27.7. The number of Topliss-reactive ketones (excluding diaryl/α,β-unsaturated/α-hetero) is 2. The van der Waals surface area contributed by atoms with Gasteiger partial charge in [-0.15, -0.1) is 8.80 Å². The molecule has 0 radical (unpaired) electrons. The molecule has 4 bridgehead atoms. The minimum Gasteiger partial charge on any atom is -0.511 e. The number of hydrogen-bond acceptors (Lipinski definition) is 14. The number of rotatable bonds is 9. The zero-order valence-corrected chi connectivity index (χ0v) is 40.6. The van der Waals surface area contributed by atoms with Gasteiger partial charge in [0.05, 0.1) is 34.5 Å². The molecule has 0 aromatic heterocycles. The summed E-state index contributed by atoms with van der Waals surface area (Å²) in [6.45, 7) is 0.983. The van der Waals surface area contributed by atoms with E-state index in [0.717, 1.165) is 16.6 Å². The molecule has 0 spiro atoms. The number of halogens is 2. The number of fused-ring (bicyclic) bond motifs is 12. The Morgan fingerprint density at radius 2 is 1.24 bits per heavy atom. The molecule has 2 saturated heterocycles. The first-order chi connectivity index (χ1) is 34.2. The van der Waals surface area contributed by atoms with Gasteiger partial charge in [0, 0.05) is 73.4 Å². The van der Waals surface area contributed by atoms with E-state index >= 15 is 4.79 Å². The number of benzene rings is 4. The second-order valence-electron chi connectivity index (χ2n) is 19.4. The van der Waals surface area contributed by atoms with E-state index in [1.54, 1.807) is 24.3 Å². The Bertz CT molecular complexity index is 3650. The third kappa shape index (κ3) is 7.03. The van der Waals surface area contributed by atoms with Crippen molar-refractivity contribution >= 4 is 76.1 Å². The zero-order valence-electron chi connectivity index (χ0n) is 38.2. The normalized spacial score (nSPS) is 28.1. The largest absolute Gasteiger partial charge is 0.511 e. The predicted molar refractivity (Wildman–Crippen MR) is 261 cm³/mol. The second-order valence-corrected chi connectivity index (χ2v) is 24.5. The Hall–Kier alpha value is -7.17. The summed E-state index contributed by atoms with van der Waals surface area (Å²) in [5.74, 6) is -7.36. The predicted octanol–water partition coefficient (Wildman–Crippen LogP) is 5.51. The number of nitrogens with one attached hydrogen (secondary N) is 1. The van der Waals surface area contributed by atoms with Gasteiger partial charge in [-0.3, -0.25) is 18.8 Å². The maximum absolute atomic E-state index is 15.2. The summed E-state index contributed by atoms with van der Waals surface area (Å²) in [6.07, 6.45) is 8.70. The lowest BCUT2D eigenvalue weighted by molar-refractivity contribution is -0.122. The molecule has 8 aliphatic rings. The summed E-state index contributed by atoms with van der Waals surface area (Å²) in [7, 11) is -12.3. The Balaban J connectivity index is 0.979. The average Bonchev–Trinajstić information content (AvgIpc) is 4.16. The van der Waals surface area contributed by atoms with Crippen molar-refractivity contribution in [1.29, 1.82) is 0 Å². The number of anilines is 4. The molecule has 370 valence electrons. The van der Waals surface area contributed by atoms with Crippen molar-refractivity contribution < 1.29 is 53.8 Å². The van der Waals surface area contributed by atoms with Crippen molar-refractivity contribution in [2.75, 3.05) is 40.9 Å². The third-order valence-corrected chi connectivity index (χ3v) is 19.2. The van der Waals surface area contributed by atoms with Crippen molar-refractivity contribution in [2.45, 2.75) is 34.7 Å². The quantitative estimate of drug-likeness (QED) is 0.188. The van der Waals surface area contributed by atoms with Crippen LogP contribution in [-0.2, 0) is 52.5 Å². The van der Waals surface area contributed by atoms with Gasteiger partial charge in [-0.2, -0.15) is 16.8 Å².